The van der Waals surface area contributed by atoms with Crippen LogP contribution in [0.25, 0.3) is 0 Å². The molecule has 2 unspecified atom stereocenters. The molecule has 0 aromatic rings. The van der Waals surface area contributed by atoms with Gasteiger partial charge in [-0.25, -0.2) is 0 Å². The van der Waals surface area contributed by atoms with Gasteiger partial charge in [0.15, 0.2) is 0 Å². The molecule has 82 valence electrons. The van der Waals surface area contributed by atoms with Crippen molar-refractivity contribution < 1.29 is 0 Å². The Kier molecular flexibility index (Phi) is 4.79. The van der Waals surface area contributed by atoms with E-state index < -0.39 is 0 Å². The van der Waals surface area contributed by atoms with E-state index in [1.165, 1.54) is 6.42 Å². The Labute approximate surface area is 86.1 Å². The normalized spacial score (nSPS) is 27.2. The molecule has 0 aromatic carbocycles. The van der Waals surface area contributed by atoms with Gasteiger partial charge < -0.3 is 0 Å². The molecule has 0 bridgehead atoms. The zero-order chi connectivity index (χ0) is 8.86. The van der Waals surface area contributed by atoms with Gasteiger partial charge in [-0.2, -0.15) is 0 Å². The molecule has 1 fully saturated rings. The lowest BCUT2D eigenvalue weighted by molar-refractivity contribution is 0.254. The Bertz CT molecular complexity index is 124. The third-order valence-electron chi connectivity index (χ3n) is 3.02. The summed E-state index contributed by atoms with van der Waals surface area (Å²) in [6.07, 6.45) is 1.45. The first-order valence-electron chi connectivity index (χ1n) is 4.73. The fourth-order valence-corrected chi connectivity index (χ4v) is 2.11. The van der Waals surface area contributed by atoms with Crippen molar-refractivity contribution >= 4 is 0 Å². The van der Waals surface area contributed by atoms with Crippen LogP contribution in [0.5, 0.6) is 0 Å². The minimum atomic E-state index is 0. The molecule has 0 spiro atoms. The molecule has 0 N–H and O–H groups in total. The summed E-state index contributed by atoms with van der Waals surface area (Å²) in [5.41, 5.74) is 1.08. The third kappa shape index (κ3) is 3.70. The van der Waals surface area contributed by atoms with E-state index in [0.29, 0.717) is 10.8 Å². The zero-order valence-corrected chi connectivity index (χ0v) is 8.86. The number of hydrogen-bond donors (Lipinski definition) is 0. The lowest BCUT2D eigenvalue weighted by Gasteiger charge is -2.24. The molecule has 1 rings (SSSR count). The SMILES string of the molecule is C.C.CC(C)(C)C1CC1C(C)(C)C. The fourth-order valence-electron chi connectivity index (χ4n) is 2.11. The minimum absolute atomic E-state index is 0. The van der Waals surface area contributed by atoms with Gasteiger partial charge in [-0.1, -0.05) is 56.4 Å². The summed E-state index contributed by atoms with van der Waals surface area (Å²) in [4.78, 5) is 0. The average Bonchev–Trinajstić information content (AvgIpc) is 2.30. The Morgan fingerprint density at radius 2 is 0.923 bits per heavy atom. The standard InChI is InChI=1S/C11H22.2CH4/c1-10(2,3)8-7-9(8)11(4,5)6;;/h8-9H,7H2,1-6H3;2*1H4. The molecule has 0 amide bonds. The van der Waals surface area contributed by atoms with Crippen molar-refractivity contribution in [3.63, 3.8) is 0 Å². The van der Waals surface area contributed by atoms with Gasteiger partial charge >= 0.3 is 0 Å². The molecule has 0 aliphatic heterocycles. The molecule has 0 aromatic heterocycles. The van der Waals surface area contributed by atoms with Crippen LogP contribution in [0.3, 0.4) is 0 Å². The van der Waals surface area contributed by atoms with Crippen LogP contribution in [-0.4, -0.2) is 0 Å². The second kappa shape index (κ2) is 4.02. The molecule has 0 saturated heterocycles. The van der Waals surface area contributed by atoms with E-state index in [1.807, 2.05) is 0 Å². The van der Waals surface area contributed by atoms with Gasteiger partial charge in [-0.3, -0.25) is 0 Å². The third-order valence-corrected chi connectivity index (χ3v) is 3.02. The quantitative estimate of drug-likeness (QED) is 0.500. The molecular weight excluding hydrogens is 156 g/mol. The van der Waals surface area contributed by atoms with Gasteiger partial charge in [0.05, 0.1) is 0 Å². The highest BCUT2D eigenvalue weighted by Crippen LogP contribution is 2.58. The van der Waals surface area contributed by atoms with Crippen LogP contribution in [0, 0.1) is 22.7 Å². The van der Waals surface area contributed by atoms with Crippen LogP contribution in [0.4, 0.5) is 0 Å². The average molecular weight is 186 g/mol. The highest BCUT2D eigenvalue weighted by molar-refractivity contribution is 4.99. The van der Waals surface area contributed by atoms with E-state index in [0.717, 1.165) is 11.8 Å². The molecule has 0 heterocycles. The van der Waals surface area contributed by atoms with E-state index in [1.54, 1.807) is 0 Å². The molecule has 1 saturated carbocycles. The van der Waals surface area contributed by atoms with E-state index in [9.17, 15) is 0 Å². The summed E-state index contributed by atoms with van der Waals surface area (Å²) in [5, 5.41) is 0. The van der Waals surface area contributed by atoms with Gasteiger partial charge in [0, 0.05) is 0 Å². The zero-order valence-electron chi connectivity index (χ0n) is 8.86. The fraction of sp³-hybridized carbons (Fsp3) is 1.00. The second-order valence-corrected chi connectivity index (χ2v) is 6.18. The number of hydrogen-bond acceptors (Lipinski definition) is 0. The van der Waals surface area contributed by atoms with E-state index in [4.69, 9.17) is 0 Å². The second-order valence-electron chi connectivity index (χ2n) is 6.18. The lowest BCUT2D eigenvalue weighted by Crippen LogP contribution is -2.16. The van der Waals surface area contributed by atoms with Gasteiger partial charge in [0.1, 0.15) is 0 Å². The smallest absolute Gasteiger partial charge is 0.0329 e. The Morgan fingerprint density at radius 1 is 0.692 bits per heavy atom. The molecule has 0 radical (unpaired) electrons. The topological polar surface area (TPSA) is 0 Å². The first-order valence-corrected chi connectivity index (χ1v) is 4.73. The Balaban J connectivity index is 0. The summed E-state index contributed by atoms with van der Waals surface area (Å²) in [6.45, 7) is 14.2. The lowest BCUT2D eigenvalue weighted by atomic mass is 9.81. The molecule has 13 heavy (non-hydrogen) atoms. The summed E-state index contributed by atoms with van der Waals surface area (Å²) in [7, 11) is 0. The molecule has 1 aliphatic rings. The maximum Gasteiger partial charge on any atom is -0.0329 e. The van der Waals surface area contributed by atoms with Gasteiger partial charge in [-0.05, 0) is 29.1 Å². The van der Waals surface area contributed by atoms with Crippen molar-refractivity contribution in [2.45, 2.75) is 62.8 Å². The summed E-state index contributed by atoms with van der Waals surface area (Å²) >= 11 is 0. The van der Waals surface area contributed by atoms with Crippen LogP contribution >= 0.6 is 0 Å². The highest BCUT2D eigenvalue weighted by atomic mass is 14.5. The predicted molar refractivity (Wildman–Crippen MR) is 64.0 cm³/mol. The molecule has 2 atom stereocenters. The summed E-state index contributed by atoms with van der Waals surface area (Å²) in [5.74, 6) is 1.95. The van der Waals surface area contributed by atoms with Crippen LogP contribution in [-0.2, 0) is 0 Å². The van der Waals surface area contributed by atoms with Crippen molar-refractivity contribution in [2.75, 3.05) is 0 Å². The maximum absolute atomic E-state index is 2.36. The Hall–Kier alpha value is 0. The first kappa shape index (κ1) is 15.5. The molecule has 0 nitrogen and oxygen atoms in total. The largest absolute Gasteiger partial charge is 0.0776 e. The molecule has 1 aliphatic carbocycles. The van der Waals surface area contributed by atoms with Gasteiger partial charge in [0.25, 0.3) is 0 Å². The van der Waals surface area contributed by atoms with Crippen molar-refractivity contribution in [3.05, 3.63) is 0 Å². The first-order chi connectivity index (χ1) is 4.73. The predicted octanol–water partition coefficient (Wildman–Crippen LogP) is 4.99. The minimum Gasteiger partial charge on any atom is -0.0776 e. The molecular formula is C13H30. The van der Waals surface area contributed by atoms with Crippen LogP contribution < -0.4 is 0 Å². The van der Waals surface area contributed by atoms with Gasteiger partial charge in [-0.15, -0.1) is 0 Å². The monoisotopic (exact) mass is 186 g/mol. The van der Waals surface area contributed by atoms with E-state index in [2.05, 4.69) is 41.5 Å². The Morgan fingerprint density at radius 3 is 1.00 bits per heavy atom. The van der Waals surface area contributed by atoms with Crippen molar-refractivity contribution in [1.29, 1.82) is 0 Å². The van der Waals surface area contributed by atoms with Crippen LogP contribution in [0.1, 0.15) is 62.8 Å². The van der Waals surface area contributed by atoms with Crippen molar-refractivity contribution in [3.8, 4) is 0 Å². The summed E-state index contributed by atoms with van der Waals surface area (Å²) < 4.78 is 0. The highest BCUT2D eigenvalue weighted by Gasteiger charge is 2.50. The summed E-state index contributed by atoms with van der Waals surface area (Å²) in [6, 6.07) is 0. The number of rotatable bonds is 0. The van der Waals surface area contributed by atoms with Crippen molar-refractivity contribution in [2.24, 2.45) is 22.7 Å². The molecule has 0 heteroatoms. The maximum atomic E-state index is 2.36. The van der Waals surface area contributed by atoms with Crippen molar-refractivity contribution in [1.82, 2.24) is 0 Å². The van der Waals surface area contributed by atoms with E-state index >= 15 is 0 Å². The van der Waals surface area contributed by atoms with Gasteiger partial charge in [0.2, 0.25) is 0 Å². The van der Waals surface area contributed by atoms with E-state index in [-0.39, 0.29) is 14.9 Å². The van der Waals surface area contributed by atoms with Crippen LogP contribution in [0.15, 0.2) is 0 Å². The van der Waals surface area contributed by atoms with Crippen LogP contribution in [0.2, 0.25) is 0 Å².